The number of aromatic amines is 1. The molecule has 0 fully saturated rings. The lowest BCUT2D eigenvalue weighted by Crippen LogP contribution is -2.15. The second kappa shape index (κ2) is 9.27. The maximum atomic E-state index is 13.7. The van der Waals surface area contributed by atoms with Crippen LogP contribution in [-0.4, -0.2) is 15.1 Å². The van der Waals surface area contributed by atoms with E-state index in [-0.39, 0.29) is 18.1 Å². The summed E-state index contributed by atoms with van der Waals surface area (Å²) >= 11 is 0. The van der Waals surface area contributed by atoms with Crippen molar-refractivity contribution < 1.29 is 13.4 Å². The Bertz CT molecular complexity index is 1250. The molecule has 1 atom stereocenters. The molecule has 31 heavy (non-hydrogen) atoms. The summed E-state index contributed by atoms with van der Waals surface area (Å²) in [6.45, 7) is 1.88. The number of aryl methyl sites for hydroxylation is 1. The number of hydrogen-bond acceptors (Lipinski definition) is 2. The summed E-state index contributed by atoms with van der Waals surface area (Å²) < 4.78 is 26.2. The standard InChI is InChI=1S/C25H23FN2O2S/c1-17-22(23-13-20(26)10-11-24(23)27-17)14-25(29)28-21-9-5-8-19(12-21)16-31(30)15-18-6-3-2-4-7-18/h2-13,27H,14-16H2,1H3,(H,28,29). The Morgan fingerprint density at radius 2 is 1.71 bits per heavy atom. The topological polar surface area (TPSA) is 62.0 Å². The van der Waals surface area contributed by atoms with Gasteiger partial charge in [-0.2, -0.15) is 0 Å². The van der Waals surface area contributed by atoms with Crippen LogP contribution >= 0.6 is 0 Å². The Balaban J connectivity index is 1.42. The SMILES string of the molecule is Cc1[nH]c2ccc(F)cc2c1CC(=O)Nc1cccc(CS(=O)Cc2ccccc2)c1. The maximum Gasteiger partial charge on any atom is 0.228 e. The number of hydrogen-bond donors (Lipinski definition) is 2. The summed E-state index contributed by atoms with van der Waals surface area (Å²) in [4.78, 5) is 15.9. The van der Waals surface area contributed by atoms with Gasteiger partial charge < -0.3 is 10.3 Å². The normalized spacial score (nSPS) is 12.1. The van der Waals surface area contributed by atoms with Crippen molar-refractivity contribution in [3.8, 4) is 0 Å². The second-order valence-electron chi connectivity index (χ2n) is 7.56. The molecule has 158 valence electrons. The molecule has 1 amide bonds. The van der Waals surface area contributed by atoms with Crippen molar-refractivity contribution in [2.45, 2.75) is 24.9 Å². The lowest BCUT2D eigenvalue weighted by Gasteiger charge is -2.08. The minimum absolute atomic E-state index is 0.138. The van der Waals surface area contributed by atoms with Crippen LogP contribution in [0.5, 0.6) is 0 Å². The van der Waals surface area contributed by atoms with Crippen LogP contribution in [0.25, 0.3) is 10.9 Å². The van der Waals surface area contributed by atoms with E-state index >= 15 is 0 Å². The summed E-state index contributed by atoms with van der Waals surface area (Å²) in [5, 5.41) is 3.62. The van der Waals surface area contributed by atoms with E-state index in [1.807, 2.05) is 61.5 Å². The van der Waals surface area contributed by atoms with Gasteiger partial charge in [-0.05, 0) is 53.9 Å². The Morgan fingerprint density at radius 3 is 2.52 bits per heavy atom. The molecule has 1 heterocycles. The van der Waals surface area contributed by atoms with Crippen molar-refractivity contribution >= 4 is 33.3 Å². The number of fused-ring (bicyclic) bond motifs is 1. The number of rotatable bonds is 7. The minimum Gasteiger partial charge on any atom is -0.358 e. The van der Waals surface area contributed by atoms with Crippen molar-refractivity contribution in [2.24, 2.45) is 0 Å². The first-order valence-corrected chi connectivity index (χ1v) is 11.5. The number of aromatic nitrogens is 1. The van der Waals surface area contributed by atoms with Crippen LogP contribution in [0, 0.1) is 12.7 Å². The van der Waals surface area contributed by atoms with Gasteiger partial charge >= 0.3 is 0 Å². The first-order chi connectivity index (χ1) is 15.0. The highest BCUT2D eigenvalue weighted by Crippen LogP contribution is 2.24. The molecule has 3 aromatic carbocycles. The highest BCUT2D eigenvalue weighted by atomic mass is 32.2. The molecule has 0 spiro atoms. The largest absolute Gasteiger partial charge is 0.358 e. The van der Waals surface area contributed by atoms with Crippen LogP contribution in [0.1, 0.15) is 22.4 Å². The number of halogens is 1. The molecule has 4 aromatic rings. The average molecular weight is 435 g/mol. The molecular formula is C25H23FN2O2S. The minimum atomic E-state index is -1.04. The zero-order chi connectivity index (χ0) is 21.8. The Morgan fingerprint density at radius 1 is 0.968 bits per heavy atom. The first-order valence-electron chi connectivity index (χ1n) is 10.0. The van der Waals surface area contributed by atoms with Crippen molar-refractivity contribution in [3.63, 3.8) is 0 Å². The number of nitrogens with one attached hydrogen (secondary N) is 2. The zero-order valence-corrected chi connectivity index (χ0v) is 18.0. The summed E-state index contributed by atoms with van der Waals surface area (Å²) in [7, 11) is -1.04. The van der Waals surface area contributed by atoms with Crippen molar-refractivity contribution in [1.29, 1.82) is 0 Å². The number of anilines is 1. The molecule has 0 radical (unpaired) electrons. The Hall–Kier alpha value is -3.25. The van der Waals surface area contributed by atoms with Crippen molar-refractivity contribution in [1.82, 2.24) is 4.98 Å². The van der Waals surface area contributed by atoms with Gasteiger partial charge in [0.25, 0.3) is 0 Å². The summed E-state index contributed by atoms with van der Waals surface area (Å²) in [5.74, 6) is 0.396. The monoisotopic (exact) mass is 434 g/mol. The van der Waals surface area contributed by atoms with Crippen molar-refractivity contribution in [3.05, 3.63) is 101 Å². The molecule has 6 heteroatoms. The predicted octanol–water partition coefficient (Wildman–Crippen LogP) is 5.25. The smallest absolute Gasteiger partial charge is 0.228 e. The number of amides is 1. The molecule has 0 aliphatic rings. The van der Waals surface area contributed by atoms with E-state index in [1.165, 1.54) is 12.1 Å². The van der Waals surface area contributed by atoms with E-state index < -0.39 is 10.8 Å². The molecule has 0 saturated heterocycles. The molecule has 4 rings (SSSR count). The number of H-pyrrole nitrogens is 1. The average Bonchev–Trinajstić information content (AvgIpc) is 3.03. The highest BCUT2D eigenvalue weighted by molar-refractivity contribution is 7.83. The molecule has 0 saturated carbocycles. The summed E-state index contributed by atoms with van der Waals surface area (Å²) in [5.41, 5.74) is 5.04. The van der Waals surface area contributed by atoms with Gasteiger partial charge in [0.1, 0.15) is 5.82 Å². The van der Waals surface area contributed by atoms with Crippen LogP contribution in [0.4, 0.5) is 10.1 Å². The second-order valence-corrected chi connectivity index (χ2v) is 9.01. The van der Waals surface area contributed by atoms with Gasteiger partial charge in [0.2, 0.25) is 5.91 Å². The third-order valence-electron chi connectivity index (χ3n) is 5.13. The van der Waals surface area contributed by atoms with Gasteiger partial charge in [-0.3, -0.25) is 9.00 Å². The Labute approximate surface area is 183 Å². The van der Waals surface area contributed by atoms with E-state index in [0.29, 0.717) is 17.2 Å². The number of carbonyl (C=O) groups is 1. The Kier molecular flexibility index (Phi) is 6.28. The van der Waals surface area contributed by atoms with Gasteiger partial charge in [-0.15, -0.1) is 0 Å². The lowest BCUT2D eigenvalue weighted by atomic mass is 10.1. The summed E-state index contributed by atoms with van der Waals surface area (Å²) in [6.07, 6.45) is 0.138. The first kappa shape index (κ1) is 21.0. The van der Waals surface area contributed by atoms with Crippen LogP contribution in [0.3, 0.4) is 0 Å². The van der Waals surface area contributed by atoms with E-state index in [4.69, 9.17) is 0 Å². The highest BCUT2D eigenvalue weighted by Gasteiger charge is 2.14. The fourth-order valence-electron chi connectivity index (χ4n) is 3.68. The molecule has 0 aliphatic heterocycles. The zero-order valence-electron chi connectivity index (χ0n) is 17.2. The van der Waals surface area contributed by atoms with Gasteiger partial charge in [0.05, 0.1) is 6.42 Å². The predicted molar refractivity (Wildman–Crippen MR) is 124 cm³/mol. The molecule has 0 bridgehead atoms. The molecule has 1 unspecified atom stereocenters. The molecule has 1 aromatic heterocycles. The van der Waals surface area contributed by atoms with Gasteiger partial charge in [0.15, 0.2) is 0 Å². The fraction of sp³-hybridized carbons (Fsp3) is 0.160. The molecular weight excluding hydrogens is 411 g/mol. The summed E-state index contributed by atoms with van der Waals surface area (Å²) in [6, 6.07) is 21.7. The molecule has 2 N–H and O–H groups in total. The van der Waals surface area contributed by atoms with E-state index in [0.717, 1.165) is 33.3 Å². The van der Waals surface area contributed by atoms with E-state index in [1.54, 1.807) is 6.07 Å². The molecule has 0 aliphatic carbocycles. The van der Waals surface area contributed by atoms with Crippen LogP contribution in [0.2, 0.25) is 0 Å². The van der Waals surface area contributed by atoms with E-state index in [9.17, 15) is 13.4 Å². The fourth-order valence-corrected chi connectivity index (χ4v) is 4.90. The molecule has 4 nitrogen and oxygen atoms in total. The lowest BCUT2D eigenvalue weighted by molar-refractivity contribution is -0.115. The van der Waals surface area contributed by atoms with Crippen LogP contribution in [-0.2, 0) is 33.5 Å². The van der Waals surface area contributed by atoms with Crippen LogP contribution in [0.15, 0.2) is 72.8 Å². The maximum absolute atomic E-state index is 13.7. The van der Waals surface area contributed by atoms with E-state index in [2.05, 4.69) is 10.3 Å². The van der Waals surface area contributed by atoms with Crippen molar-refractivity contribution in [2.75, 3.05) is 5.32 Å². The third-order valence-corrected chi connectivity index (χ3v) is 6.44. The third kappa shape index (κ3) is 5.27. The number of carbonyl (C=O) groups excluding carboxylic acids is 1. The van der Waals surface area contributed by atoms with Gasteiger partial charge in [-0.1, -0.05) is 42.5 Å². The van der Waals surface area contributed by atoms with Crippen LogP contribution < -0.4 is 5.32 Å². The van der Waals surface area contributed by atoms with Gasteiger partial charge in [0, 0.05) is 44.6 Å². The van der Waals surface area contributed by atoms with Gasteiger partial charge in [-0.25, -0.2) is 4.39 Å². The quantitative estimate of drug-likeness (QED) is 0.418. The number of benzene rings is 3.